The first-order chi connectivity index (χ1) is 29.5. The maximum atomic E-state index is 13.2. The molecule has 7 aromatic rings. The van der Waals surface area contributed by atoms with Gasteiger partial charge in [-0.3, -0.25) is 14.4 Å². The molecule has 0 aromatic heterocycles. The first-order valence-corrected chi connectivity index (χ1v) is 18.2. The van der Waals surface area contributed by atoms with E-state index in [0.717, 1.165) is 0 Å². The van der Waals surface area contributed by atoms with Gasteiger partial charge in [0.25, 0.3) is 18.3 Å². The van der Waals surface area contributed by atoms with Crippen LogP contribution in [0, 0.1) is 0 Å². The molecule has 0 saturated heterocycles. The van der Waals surface area contributed by atoms with Crippen LogP contribution in [0.15, 0.2) is 158 Å². The monoisotopic (exact) mass is 814 g/mol. The highest BCUT2D eigenvalue weighted by Gasteiger charge is 2.17. The molecular formula is C47H30N2O12. The van der Waals surface area contributed by atoms with Gasteiger partial charge in [-0.2, -0.15) is 0 Å². The molecule has 0 aliphatic heterocycles. The fourth-order valence-corrected chi connectivity index (χ4v) is 5.93. The number of hydrogen-bond donors (Lipinski definition) is 3. The van der Waals surface area contributed by atoms with Crippen molar-refractivity contribution in [1.29, 1.82) is 0 Å². The highest BCUT2D eigenvalue weighted by molar-refractivity contribution is 6.07. The second kappa shape index (κ2) is 18.1. The molecule has 0 heterocycles. The van der Waals surface area contributed by atoms with Gasteiger partial charge in [0.15, 0.2) is 0 Å². The van der Waals surface area contributed by atoms with E-state index in [-0.39, 0.29) is 62.9 Å². The largest absolute Gasteiger partial charge is 0.478 e. The van der Waals surface area contributed by atoms with Gasteiger partial charge in [0.2, 0.25) is 0 Å². The Morgan fingerprint density at radius 1 is 0.410 bits per heavy atom. The van der Waals surface area contributed by atoms with Crippen LogP contribution in [0.5, 0.6) is 23.0 Å². The molecule has 7 rings (SSSR count). The van der Waals surface area contributed by atoms with Crippen LogP contribution in [0.1, 0.15) is 62.1 Å². The number of nitrogens with one attached hydrogen (secondary N) is 2. The maximum absolute atomic E-state index is 13.2. The highest BCUT2D eigenvalue weighted by Crippen LogP contribution is 2.26. The average Bonchev–Trinajstić information content (AvgIpc) is 3.26. The van der Waals surface area contributed by atoms with E-state index in [1.54, 1.807) is 66.7 Å². The molecule has 0 atom stereocenters. The predicted molar refractivity (Wildman–Crippen MR) is 221 cm³/mol. The Morgan fingerprint density at radius 2 is 0.836 bits per heavy atom. The van der Waals surface area contributed by atoms with E-state index < -0.39 is 35.7 Å². The van der Waals surface area contributed by atoms with E-state index in [9.17, 15) is 38.7 Å². The maximum Gasteiger partial charge on any atom is 0.343 e. The Bertz CT molecular complexity index is 2890. The van der Waals surface area contributed by atoms with Crippen LogP contribution in [0.2, 0.25) is 0 Å². The van der Waals surface area contributed by atoms with Crippen molar-refractivity contribution < 1.29 is 57.6 Å². The number of aromatic carboxylic acids is 1. The van der Waals surface area contributed by atoms with Crippen LogP contribution < -0.4 is 29.6 Å². The first-order valence-electron chi connectivity index (χ1n) is 18.2. The smallest absolute Gasteiger partial charge is 0.343 e. The lowest BCUT2D eigenvalue weighted by Gasteiger charge is -2.10. The summed E-state index contributed by atoms with van der Waals surface area (Å²) in [7, 11) is 0. The summed E-state index contributed by atoms with van der Waals surface area (Å²) in [5, 5.41) is 15.9. The minimum atomic E-state index is -1.16. The van der Waals surface area contributed by atoms with E-state index in [4.69, 9.17) is 18.9 Å². The third-order valence-electron chi connectivity index (χ3n) is 8.85. The van der Waals surface area contributed by atoms with E-state index >= 15 is 0 Å². The number of carbonyl (C=O) groups is 7. The number of amides is 2. The molecule has 0 unspecified atom stereocenters. The molecule has 0 fully saturated rings. The van der Waals surface area contributed by atoms with Crippen LogP contribution in [-0.2, 0) is 4.79 Å². The van der Waals surface area contributed by atoms with Gasteiger partial charge in [0, 0.05) is 34.6 Å². The third kappa shape index (κ3) is 10.2. The summed E-state index contributed by atoms with van der Waals surface area (Å²) in [4.78, 5) is 86.8. The molecule has 7 aromatic carbocycles. The summed E-state index contributed by atoms with van der Waals surface area (Å²) >= 11 is 0. The summed E-state index contributed by atoms with van der Waals surface area (Å²) in [5.74, 6) is -3.67. The minimum absolute atomic E-state index is 0.0344. The quantitative estimate of drug-likeness (QED) is 0.0573. The molecule has 0 bridgehead atoms. The highest BCUT2D eigenvalue weighted by atomic mass is 16.5. The molecule has 300 valence electrons. The Hall–Kier alpha value is -8.91. The summed E-state index contributed by atoms with van der Waals surface area (Å²) in [6, 6.07) is 39.3. The number of anilines is 2. The van der Waals surface area contributed by atoms with Gasteiger partial charge in [0.05, 0.1) is 22.3 Å². The lowest BCUT2D eigenvalue weighted by Crippen LogP contribution is -2.14. The zero-order chi connectivity index (χ0) is 42.9. The number of ether oxygens (including phenoxy) is 4. The van der Waals surface area contributed by atoms with Crippen molar-refractivity contribution in [3.05, 3.63) is 191 Å². The Morgan fingerprint density at radius 3 is 1.41 bits per heavy atom. The summed E-state index contributed by atoms with van der Waals surface area (Å²) in [5.41, 5.74) is 1.37. The zero-order valence-electron chi connectivity index (χ0n) is 31.5. The number of benzene rings is 7. The molecular weight excluding hydrogens is 785 g/mol. The summed E-state index contributed by atoms with van der Waals surface area (Å²) in [6.45, 7) is 0.244. The van der Waals surface area contributed by atoms with Crippen molar-refractivity contribution in [2.24, 2.45) is 0 Å². The molecule has 0 spiro atoms. The lowest BCUT2D eigenvalue weighted by molar-refractivity contribution is -0.120. The molecule has 14 nitrogen and oxygen atoms in total. The van der Waals surface area contributed by atoms with E-state index in [2.05, 4.69) is 10.6 Å². The number of carboxylic acids is 1. The molecule has 14 heteroatoms. The topological polar surface area (TPSA) is 201 Å². The SMILES string of the molecule is O=COc1cccc(C(=O)Oc2cccc(NC(=O)c3cccc(C(=O)Oc4ccc5cc(C(=O)Oc6cccc(NC(=O)c7cccc(C(=O)O)c7)c6)ccc5c4)c3)c2)c1. The predicted octanol–water partition coefficient (Wildman–Crippen LogP) is 8.24. The molecule has 0 saturated carbocycles. The minimum Gasteiger partial charge on any atom is -0.478 e. The van der Waals surface area contributed by atoms with E-state index in [1.807, 2.05) is 0 Å². The number of hydrogen-bond acceptors (Lipinski definition) is 11. The first kappa shape index (κ1) is 40.3. The number of esters is 3. The molecule has 0 radical (unpaired) electrons. The summed E-state index contributed by atoms with van der Waals surface area (Å²) in [6.07, 6.45) is 0. The number of fused-ring (bicyclic) bond motifs is 1. The lowest BCUT2D eigenvalue weighted by atomic mass is 10.1. The second-order valence-electron chi connectivity index (χ2n) is 13.1. The van der Waals surface area contributed by atoms with Crippen molar-refractivity contribution in [1.82, 2.24) is 0 Å². The van der Waals surface area contributed by atoms with Crippen LogP contribution in [0.25, 0.3) is 10.8 Å². The van der Waals surface area contributed by atoms with Crippen LogP contribution in [0.4, 0.5) is 11.4 Å². The van der Waals surface area contributed by atoms with Crippen molar-refractivity contribution >= 4 is 64.3 Å². The normalized spacial score (nSPS) is 10.5. The van der Waals surface area contributed by atoms with Crippen molar-refractivity contribution in [3.8, 4) is 23.0 Å². The number of carbonyl (C=O) groups excluding carboxylic acids is 6. The number of rotatable bonds is 13. The van der Waals surface area contributed by atoms with Crippen molar-refractivity contribution in [3.63, 3.8) is 0 Å². The van der Waals surface area contributed by atoms with Gasteiger partial charge in [-0.15, -0.1) is 0 Å². The molecule has 2 amide bonds. The van der Waals surface area contributed by atoms with Gasteiger partial charge >= 0.3 is 23.9 Å². The second-order valence-corrected chi connectivity index (χ2v) is 13.1. The van der Waals surface area contributed by atoms with Gasteiger partial charge in [-0.25, -0.2) is 19.2 Å². The zero-order valence-corrected chi connectivity index (χ0v) is 31.5. The van der Waals surface area contributed by atoms with E-state index in [1.165, 1.54) is 91.0 Å². The Balaban J connectivity index is 0.952. The number of carboxylic acid groups (broad SMARTS) is 1. The fraction of sp³-hybridized carbons (Fsp3) is 0. The van der Waals surface area contributed by atoms with Gasteiger partial charge in [-0.05, 0) is 114 Å². The van der Waals surface area contributed by atoms with Gasteiger partial charge in [0.1, 0.15) is 23.0 Å². The molecule has 61 heavy (non-hydrogen) atoms. The van der Waals surface area contributed by atoms with Gasteiger partial charge < -0.3 is 34.7 Å². The molecule has 3 N–H and O–H groups in total. The Labute approximate surface area is 345 Å². The molecule has 0 aliphatic rings. The van der Waals surface area contributed by atoms with Crippen LogP contribution in [0.3, 0.4) is 0 Å². The summed E-state index contributed by atoms with van der Waals surface area (Å²) < 4.78 is 21.4. The van der Waals surface area contributed by atoms with Gasteiger partial charge in [-0.1, -0.05) is 42.5 Å². The van der Waals surface area contributed by atoms with Crippen molar-refractivity contribution in [2.45, 2.75) is 0 Å². The average molecular weight is 815 g/mol. The fourth-order valence-electron chi connectivity index (χ4n) is 5.93. The van der Waals surface area contributed by atoms with Crippen molar-refractivity contribution in [2.75, 3.05) is 10.6 Å². The van der Waals surface area contributed by atoms with E-state index in [0.29, 0.717) is 22.1 Å². The van der Waals surface area contributed by atoms with Crippen LogP contribution >= 0.6 is 0 Å². The molecule has 0 aliphatic carbocycles. The third-order valence-corrected chi connectivity index (χ3v) is 8.85. The standard InChI is InChI=1S/C47H30N2O12/c50-27-58-38-13-3-10-34(24-38)46(56)59-39-14-4-12-37(25-39)49-43(52)31-7-2-9-33(22-31)45(55)61-41-19-18-28-20-35(17-16-29(28)23-41)47(57)60-40-15-5-11-36(26-40)48-42(51)30-6-1-8-32(21-30)44(53)54/h1-27H,(H,48,51)(H,49,52)(H,53,54). The van der Waals surface area contributed by atoms with Crippen LogP contribution in [-0.4, -0.2) is 47.3 Å². The Kier molecular flexibility index (Phi) is 12.0.